The number of halogens is 1. The SMILES string of the molecule is CC1CCCN(Cc2cc(Cl)c3c(c2)OCO3)C1C(=O)O. The minimum absolute atomic E-state index is 0.153. The minimum Gasteiger partial charge on any atom is -0.480 e. The number of hydrogen-bond donors (Lipinski definition) is 1. The molecular weight excluding hydrogens is 294 g/mol. The van der Waals surface area contributed by atoms with Gasteiger partial charge in [0.2, 0.25) is 6.79 Å². The highest BCUT2D eigenvalue weighted by Gasteiger charge is 2.34. The van der Waals surface area contributed by atoms with Gasteiger partial charge in [-0.15, -0.1) is 0 Å². The van der Waals surface area contributed by atoms with E-state index in [1.807, 2.05) is 24.0 Å². The summed E-state index contributed by atoms with van der Waals surface area (Å²) in [5.74, 6) is 0.603. The van der Waals surface area contributed by atoms with Crippen molar-refractivity contribution in [3.05, 3.63) is 22.7 Å². The lowest BCUT2D eigenvalue weighted by Gasteiger charge is -2.37. The topological polar surface area (TPSA) is 59.0 Å². The van der Waals surface area contributed by atoms with Crippen LogP contribution in [0.25, 0.3) is 0 Å². The van der Waals surface area contributed by atoms with Crippen molar-refractivity contribution < 1.29 is 19.4 Å². The second-order valence-corrected chi connectivity index (χ2v) is 6.09. The van der Waals surface area contributed by atoms with Crippen LogP contribution in [0.1, 0.15) is 25.3 Å². The number of nitrogens with zero attached hydrogens (tertiary/aromatic N) is 1. The maximum Gasteiger partial charge on any atom is 0.321 e. The number of carboxylic acids is 1. The molecule has 2 unspecified atom stereocenters. The lowest BCUT2D eigenvalue weighted by Crippen LogP contribution is -2.48. The molecule has 1 fully saturated rings. The Bertz CT molecular complexity index is 563. The zero-order chi connectivity index (χ0) is 15.0. The summed E-state index contributed by atoms with van der Waals surface area (Å²) in [6.45, 7) is 3.51. The number of benzene rings is 1. The van der Waals surface area contributed by atoms with Gasteiger partial charge < -0.3 is 14.6 Å². The van der Waals surface area contributed by atoms with E-state index >= 15 is 0 Å². The molecule has 0 spiro atoms. The molecule has 0 bridgehead atoms. The van der Waals surface area contributed by atoms with Crippen LogP contribution in [0.2, 0.25) is 5.02 Å². The van der Waals surface area contributed by atoms with E-state index in [9.17, 15) is 9.90 Å². The molecule has 114 valence electrons. The van der Waals surface area contributed by atoms with Crippen LogP contribution in [0, 0.1) is 5.92 Å². The predicted octanol–water partition coefficient (Wildman–Crippen LogP) is 2.75. The molecule has 0 aromatic heterocycles. The monoisotopic (exact) mass is 311 g/mol. The Labute approximate surface area is 128 Å². The molecule has 21 heavy (non-hydrogen) atoms. The highest BCUT2D eigenvalue weighted by Crippen LogP contribution is 2.40. The Morgan fingerprint density at radius 1 is 1.48 bits per heavy atom. The largest absolute Gasteiger partial charge is 0.480 e. The van der Waals surface area contributed by atoms with Crippen molar-refractivity contribution in [1.29, 1.82) is 0 Å². The van der Waals surface area contributed by atoms with Gasteiger partial charge >= 0.3 is 5.97 Å². The third-order valence-electron chi connectivity index (χ3n) is 4.16. The number of piperidine rings is 1. The number of carbonyl (C=O) groups is 1. The molecule has 2 aliphatic heterocycles. The summed E-state index contributed by atoms with van der Waals surface area (Å²) in [5, 5.41) is 9.97. The Kier molecular flexibility index (Phi) is 3.95. The molecule has 2 atom stereocenters. The van der Waals surface area contributed by atoms with Gasteiger partial charge in [0.1, 0.15) is 6.04 Å². The maximum absolute atomic E-state index is 11.5. The van der Waals surface area contributed by atoms with Crippen LogP contribution >= 0.6 is 11.6 Å². The van der Waals surface area contributed by atoms with Crippen molar-refractivity contribution in [2.24, 2.45) is 5.92 Å². The van der Waals surface area contributed by atoms with Gasteiger partial charge in [-0.3, -0.25) is 9.69 Å². The Balaban J connectivity index is 1.82. The fourth-order valence-corrected chi connectivity index (χ4v) is 3.48. The van der Waals surface area contributed by atoms with E-state index in [-0.39, 0.29) is 12.7 Å². The highest BCUT2D eigenvalue weighted by molar-refractivity contribution is 6.32. The average Bonchev–Trinajstić information content (AvgIpc) is 2.87. The lowest BCUT2D eigenvalue weighted by atomic mass is 9.90. The first kappa shape index (κ1) is 14.5. The van der Waals surface area contributed by atoms with Gasteiger partial charge in [-0.25, -0.2) is 0 Å². The van der Waals surface area contributed by atoms with Crippen LogP contribution < -0.4 is 9.47 Å². The molecule has 3 rings (SSSR count). The van der Waals surface area contributed by atoms with Crippen LogP contribution in [0.3, 0.4) is 0 Å². The van der Waals surface area contributed by atoms with Crippen LogP contribution in [0.4, 0.5) is 0 Å². The second kappa shape index (κ2) is 5.73. The highest BCUT2D eigenvalue weighted by atomic mass is 35.5. The maximum atomic E-state index is 11.5. The van der Waals surface area contributed by atoms with Gasteiger partial charge in [-0.2, -0.15) is 0 Å². The first-order valence-electron chi connectivity index (χ1n) is 7.11. The van der Waals surface area contributed by atoms with E-state index < -0.39 is 12.0 Å². The molecule has 2 heterocycles. The third-order valence-corrected chi connectivity index (χ3v) is 4.44. The van der Waals surface area contributed by atoms with Crippen LogP contribution in [0.5, 0.6) is 11.5 Å². The minimum atomic E-state index is -0.756. The van der Waals surface area contributed by atoms with E-state index in [2.05, 4.69) is 0 Å². The summed E-state index contributed by atoms with van der Waals surface area (Å²) in [5.41, 5.74) is 0.949. The van der Waals surface area contributed by atoms with Crippen LogP contribution in [-0.2, 0) is 11.3 Å². The van der Waals surface area contributed by atoms with E-state index in [0.29, 0.717) is 23.1 Å². The van der Waals surface area contributed by atoms with Gasteiger partial charge in [0.25, 0.3) is 0 Å². The number of aliphatic carboxylic acids is 1. The summed E-state index contributed by atoms with van der Waals surface area (Å²) in [6, 6.07) is 3.27. The van der Waals surface area contributed by atoms with Crippen LogP contribution in [-0.4, -0.2) is 35.4 Å². The molecule has 0 aliphatic carbocycles. The van der Waals surface area contributed by atoms with Crippen molar-refractivity contribution >= 4 is 17.6 Å². The third kappa shape index (κ3) is 2.80. The summed E-state index contributed by atoms with van der Waals surface area (Å²) < 4.78 is 10.7. The van der Waals surface area contributed by atoms with Gasteiger partial charge in [-0.05, 0) is 43.0 Å². The summed E-state index contributed by atoms with van der Waals surface area (Å²) in [6.07, 6.45) is 1.97. The standard InChI is InChI=1S/C15H18ClNO4/c1-9-3-2-4-17(13(9)15(18)19)7-10-5-11(16)14-12(6-10)20-8-21-14/h5-6,9,13H,2-4,7-8H2,1H3,(H,18,19). The Morgan fingerprint density at radius 2 is 2.29 bits per heavy atom. The molecule has 0 radical (unpaired) electrons. The fraction of sp³-hybridized carbons (Fsp3) is 0.533. The van der Waals surface area contributed by atoms with Gasteiger partial charge in [0.15, 0.2) is 11.5 Å². The second-order valence-electron chi connectivity index (χ2n) is 5.68. The predicted molar refractivity (Wildman–Crippen MR) is 77.8 cm³/mol. The first-order chi connectivity index (χ1) is 10.1. The van der Waals surface area contributed by atoms with E-state index in [4.69, 9.17) is 21.1 Å². The number of likely N-dealkylation sites (tertiary alicyclic amines) is 1. The summed E-state index contributed by atoms with van der Waals surface area (Å²) in [4.78, 5) is 13.5. The van der Waals surface area contributed by atoms with Gasteiger partial charge in [-0.1, -0.05) is 18.5 Å². The normalized spacial score (nSPS) is 25.0. The molecule has 2 aliphatic rings. The first-order valence-corrected chi connectivity index (χ1v) is 7.49. The molecule has 1 aromatic rings. The molecular formula is C15H18ClNO4. The smallest absolute Gasteiger partial charge is 0.321 e. The molecule has 0 amide bonds. The molecule has 1 aromatic carbocycles. The van der Waals surface area contributed by atoms with Crippen molar-refractivity contribution in [2.75, 3.05) is 13.3 Å². The summed E-state index contributed by atoms with van der Waals surface area (Å²) in [7, 11) is 0. The quantitative estimate of drug-likeness (QED) is 0.930. The number of fused-ring (bicyclic) bond motifs is 1. The average molecular weight is 312 g/mol. The van der Waals surface area contributed by atoms with Gasteiger partial charge in [0.05, 0.1) is 5.02 Å². The zero-order valence-corrected chi connectivity index (χ0v) is 12.6. The van der Waals surface area contributed by atoms with Crippen molar-refractivity contribution in [3.8, 4) is 11.5 Å². The molecule has 0 saturated carbocycles. The molecule has 1 N–H and O–H groups in total. The number of ether oxygens (including phenoxy) is 2. The molecule has 6 heteroatoms. The van der Waals surface area contributed by atoms with Gasteiger partial charge in [0, 0.05) is 6.54 Å². The van der Waals surface area contributed by atoms with Crippen LogP contribution in [0.15, 0.2) is 12.1 Å². The zero-order valence-electron chi connectivity index (χ0n) is 11.8. The van der Waals surface area contributed by atoms with Crippen molar-refractivity contribution in [3.63, 3.8) is 0 Å². The molecule has 1 saturated heterocycles. The Morgan fingerprint density at radius 3 is 3.05 bits per heavy atom. The number of rotatable bonds is 3. The lowest BCUT2D eigenvalue weighted by molar-refractivity contribution is -0.147. The number of carboxylic acid groups (broad SMARTS) is 1. The van der Waals surface area contributed by atoms with E-state index in [1.54, 1.807) is 0 Å². The fourth-order valence-electron chi connectivity index (χ4n) is 3.20. The Hall–Kier alpha value is -1.46. The number of hydrogen-bond acceptors (Lipinski definition) is 4. The van der Waals surface area contributed by atoms with Crippen molar-refractivity contribution in [1.82, 2.24) is 4.90 Å². The van der Waals surface area contributed by atoms with E-state index in [1.165, 1.54) is 0 Å². The van der Waals surface area contributed by atoms with E-state index in [0.717, 1.165) is 24.9 Å². The molecule has 5 nitrogen and oxygen atoms in total. The van der Waals surface area contributed by atoms with Crippen molar-refractivity contribution in [2.45, 2.75) is 32.4 Å². The summed E-state index contributed by atoms with van der Waals surface area (Å²) >= 11 is 6.18.